The Morgan fingerprint density at radius 3 is 2.38 bits per heavy atom. The van der Waals surface area contributed by atoms with Crippen molar-refractivity contribution in [2.75, 3.05) is 7.11 Å². The zero-order valence-electron chi connectivity index (χ0n) is 16.5. The van der Waals surface area contributed by atoms with Gasteiger partial charge in [-0.2, -0.15) is 0 Å². The van der Waals surface area contributed by atoms with Crippen molar-refractivity contribution in [2.24, 2.45) is 0 Å². The summed E-state index contributed by atoms with van der Waals surface area (Å²) < 4.78 is 10.9. The van der Waals surface area contributed by atoms with Gasteiger partial charge in [0, 0.05) is 11.3 Å². The van der Waals surface area contributed by atoms with E-state index in [4.69, 9.17) is 9.47 Å². The molecule has 0 fully saturated rings. The van der Waals surface area contributed by atoms with Crippen LogP contribution in [0, 0.1) is 10.1 Å². The number of methoxy groups -OCH3 is 1. The first-order chi connectivity index (χ1) is 13.9. The van der Waals surface area contributed by atoms with Crippen molar-refractivity contribution in [3.8, 4) is 5.75 Å². The van der Waals surface area contributed by atoms with Gasteiger partial charge in [-0.1, -0.05) is 48.5 Å². The highest BCUT2D eigenvalue weighted by Gasteiger charge is 2.42. The molecule has 0 bridgehead atoms. The van der Waals surface area contributed by atoms with Gasteiger partial charge in [-0.25, -0.2) is 4.79 Å². The summed E-state index contributed by atoms with van der Waals surface area (Å²) in [6, 6.07) is 16.7. The second-order valence-corrected chi connectivity index (χ2v) is 6.67. The van der Waals surface area contributed by atoms with Crippen molar-refractivity contribution in [1.29, 1.82) is 0 Å². The lowest BCUT2D eigenvalue weighted by atomic mass is 9.83. The Bertz CT molecular complexity index is 995. The third-order valence-electron chi connectivity index (χ3n) is 4.79. The molecule has 0 aliphatic carbocycles. The largest absolute Gasteiger partial charge is 0.489 e. The van der Waals surface area contributed by atoms with Crippen LogP contribution in [0.3, 0.4) is 0 Å². The molecule has 1 heterocycles. The summed E-state index contributed by atoms with van der Waals surface area (Å²) in [5, 5.41) is 14.8. The third-order valence-corrected chi connectivity index (χ3v) is 4.79. The van der Waals surface area contributed by atoms with Crippen molar-refractivity contribution < 1.29 is 19.2 Å². The lowest BCUT2D eigenvalue weighted by molar-refractivity contribution is -0.431. The monoisotopic (exact) mass is 394 g/mol. The lowest BCUT2D eigenvalue weighted by Crippen LogP contribution is -2.31. The fourth-order valence-electron chi connectivity index (χ4n) is 3.49. The minimum absolute atomic E-state index is 0.105. The highest BCUT2D eigenvalue weighted by molar-refractivity contribution is 5.92. The third kappa shape index (κ3) is 4.13. The maximum absolute atomic E-state index is 12.5. The number of dihydropyridines is 1. The van der Waals surface area contributed by atoms with E-state index in [1.165, 1.54) is 7.11 Å². The first-order valence-corrected chi connectivity index (χ1v) is 9.11. The van der Waals surface area contributed by atoms with Crippen LogP contribution in [-0.4, -0.2) is 18.0 Å². The number of esters is 1. The Labute approximate surface area is 168 Å². The van der Waals surface area contributed by atoms with Crippen LogP contribution in [0.15, 0.2) is 77.3 Å². The molecule has 2 aromatic carbocycles. The number of ether oxygens (including phenoxy) is 2. The Kier molecular flexibility index (Phi) is 5.97. The molecule has 150 valence electrons. The number of para-hydroxylation sites is 1. The molecule has 1 atom stereocenters. The molecule has 2 aromatic rings. The Morgan fingerprint density at radius 1 is 1.07 bits per heavy atom. The van der Waals surface area contributed by atoms with E-state index in [0.29, 0.717) is 29.3 Å². The van der Waals surface area contributed by atoms with Gasteiger partial charge in [0.2, 0.25) is 0 Å². The summed E-state index contributed by atoms with van der Waals surface area (Å²) in [6.07, 6.45) is 0. The van der Waals surface area contributed by atoms with Crippen LogP contribution in [0.2, 0.25) is 0 Å². The number of carbonyl (C=O) groups excluding carboxylic acids is 1. The van der Waals surface area contributed by atoms with E-state index in [-0.39, 0.29) is 11.3 Å². The van der Waals surface area contributed by atoms with Crippen LogP contribution >= 0.6 is 0 Å². The number of nitrogens with one attached hydrogen (secondary N) is 1. The fraction of sp³-hybridized carbons (Fsp3) is 0.227. The Balaban J connectivity index is 2.08. The molecule has 0 saturated heterocycles. The van der Waals surface area contributed by atoms with Crippen molar-refractivity contribution in [3.05, 3.63) is 98.5 Å². The quantitative estimate of drug-likeness (QED) is 0.454. The van der Waals surface area contributed by atoms with Crippen molar-refractivity contribution in [3.63, 3.8) is 0 Å². The summed E-state index contributed by atoms with van der Waals surface area (Å²) in [5.74, 6) is -1.06. The van der Waals surface area contributed by atoms with E-state index in [1.807, 2.05) is 30.3 Å². The molecule has 1 aliphatic heterocycles. The first kappa shape index (κ1) is 20.1. The van der Waals surface area contributed by atoms with Gasteiger partial charge in [-0.05, 0) is 25.5 Å². The minimum Gasteiger partial charge on any atom is -0.489 e. The van der Waals surface area contributed by atoms with Crippen LogP contribution in [0.4, 0.5) is 0 Å². The molecule has 3 rings (SSSR count). The number of carbonyl (C=O) groups is 1. The molecule has 1 unspecified atom stereocenters. The van der Waals surface area contributed by atoms with E-state index in [2.05, 4.69) is 5.32 Å². The molecule has 0 radical (unpaired) electrons. The van der Waals surface area contributed by atoms with Gasteiger partial charge in [0.05, 0.1) is 23.3 Å². The molecule has 1 N–H and O–H groups in total. The molecule has 0 saturated carbocycles. The van der Waals surface area contributed by atoms with Crippen molar-refractivity contribution in [1.82, 2.24) is 5.32 Å². The molecular weight excluding hydrogens is 372 g/mol. The van der Waals surface area contributed by atoms with Gasteiger partial charge in [0.15, 0.2) is 0 Å². The van der Waals surface area contributed by atoms with Gasteiger partial charge in [-0.15, -0.1) is 0 Å². The van der Waals surface area contributed by atoms with Crippen LogP contribution < -0.4 is 10.1 Å². The SMILES string of the molecule is COC(=O)C1=C(C)NC(C)=C([N+](=O)[O-])C1c1ccccc1OCc1ccccc1. The number of hydrogen-bond donors (Lipinski definition) is 1. The van der Waals surface area contributed by atoms with Crippen LogP contribution in [0.5, 0.6) is 5.75 Å². The van der Waals surface area contributed by atoms with E-state index in [1.54, 1.807) is 38.1 Å². The standard InChI is InChI=1S/C22H22N2O5/c1-14-19(22(25)28-3)20(21(24(26)27)15(2)23-14)17-11-7-8-12-18(17)29-13-16-9-5-4-6-10-16/h4-12,20,23H,13H2,1-3H3. The average Bonchev–Trinajstić information content (AvgIpc) is 2.72. The fourth-order valence-corrected chi connectivity index (χ4v) is 3.49. The first-order valence-electron chi connectivity index (χ1n) is 9.11. The highest BCUT2D eigenvalue weighted by atomic mass is 16.6. The second-order valence-electron chi connectivity index (χ2n) is 6.67. The van der Waals surface area contributed by atoms with Crippen LogP contribution in [0.1, 0.15) is 30.9 Å². The van der Waals surface area contributed by atoms with Gasteiger partial charge in [0.1, 0.15) is 18.3 Å². The van der Waals surface area contributed by atoms with Gasteiger partial charge >= 0.3 is 5.97 Å². The highest BCUT2D eigenvalue weighted by Crippen LogP contribution is 2.42. The summed E-state index contributed by atoms with van der Waals surface area (Å²) >= 11 is 0. The van der Waals surface area contributed by atoms with Gasteiger partial charge in [-0.3, -0.25) is 10.1 Å². The Morgan fingerprint density at radius 2 is 1.72 bits per heavy atom. The Hall–Kier alpha value is -3.61. The zero-order chi connectivity index (χ0) is 21.0. The molecule has 0 aromatic heterocycles. The summed E-state index contributed by atoms with van der Waals surface area (Å²) in [5.41, 5.74) is 2.49. The average molecular weight is 394 g/mol. The normalized spacial score (nSPS) is 16.3. The maximum Gasteiger partial charge on any atom is 0.336 e. The maximum atomic E-state index is 12.5. The summed E-state index contributed by atoms with van der Waals surface area (Å²) in [7, 11) is 1.26. The zero-order valence-corrected chi connectivity index (χ0v) is 16.5. The number of benzene rings is 2. The van der Waals surface area contributed by atoms with Crippen molar-refractivity contribution in [2.45, 2.75) is 26.4 Å². The number of allylic oxidation sites excluding steroid dienone is 3. The predicted octanol–water partition coefficient (Wildman–Crippen LogP) is 3.91. The van der Waals surface area contributed by atoms with Crippen LogP contribution in [-0.2, 0) is 16.1 Å². The smallest absolute Gasteiger partial charge is 0.336 e. The molecule has 7 nitrogen and oxygen atoms in total. The topological polar surface area (TPSA) is 90.7 Å². The summed E-state index contributed by atoms with van der Waals surface area (Å²) in [6.45, 7) is 3.62. The number of hydrogen-bond acceptors (Lipinski definition) is 6. The molecular formula is C22H22N2O5. The second kappa shape index (κ2) is 8.60. The van der Waals surface area contributed by atoms with Gasteiger partial charge in [0.25, 0.3) is 5.70 Å². The minimum atomic E-state index is -0.911. The van der Waals surface area contributed by atoms with E-state index < -0.39 is 16.8 Å². The molecule has 0 spiro atoms. The number of nitro groups is 1. The van der Waals surface area contributed by atoms with E-state index in [0.717, 1.165) is 5.56 Å². The number of rotatable bonds is 6. The molecule has 29 heavy (non-hydrogen) atoms. The predicted molar refractivity (Wildman–Crippen MR) is 108 cm³/mol. The molecule has 1 aliphatic rings. The number of nitrogens with zero attached hydrogens (tertiary/aromatic N) is 1. The van der Waals surface area contributed by atoms with E-state index >= 15 is 0 Å². The van der Waals surface area contributed by atoms with Crippen molar-refractivity contribution >= 4 is 5.97 Å². The molecule has 0 amide bonds. The molecule has 7 heteroatoms. The van der Waals surface area contributed by atoms with Gasteiger partial charge < -0.3 is 14.8 Å². The lowest BCUT2D eigenvalue weighted by Gasteiger charge is -2.27. The summed E-state index contributed by atoms with van der Waals surface area (Å²) in [4.78, 5) is 24.0. The van der Waals surface area contributed by atoms with Crippen LogP contribution in [0.25, 0.3) is 0 Å². The van der Waals surface area contributed by atoms with E-state index in [9.17, 15) is 14.9 Å².